The van der Waals surface area contributed by atoms with Crippen molar-refractivity contribution in [3.63, 3.8) is 0 Å². The monoisotopic (exact) mass is 357 g/mol. The second-order valence-electron chi connectivity index (χ2n) is 6.07. The van der Waals surface area contributed by atoms with E-state index in [0.29, 0.717) is 30.9 Å². The zero-order valence-corrected chi connectivity index (χ0v) is 14.7. The summed E-state index contributed by atoms with van der Waals surface area (Å²) in [5.41, 5.74) is 8.67. The largest absolute Gasteiger partial charge is 0.465 e. The smallest absolute Gasteiger partial charge is 0.404 e. The number of aromatic nitrogens is 3. The van der Waals surface area contributed by atoms with Gasteiger partial charge in [-0.1, -0.05) is 18.2 Å². The lowest BCUT2D eigenvalue weighted by Crippen LogP contribution is -2.22. The van der Waals surface area contributed by atoms with E-state index in [9.17, 15) is 4.79 Å². The van der Waals surface area contributed by atoms with Crippen molar-refractivity contribution in [2.75, 3.05) is 26.0 Å². The van der Waals surface area contributed by atoms with Gasteiger partial charge in [0.15, 0.2) is 5.82 Å². The molecule has 0 saturated heterocycles. The lowest BCUT2D eigenvalue weighted by molar-refractivity contribution is 0.194. The summed E-state index contributed by atoms with van der Waals surface area (Å²) in [6.07, 6.45) is 1.24. The Morgan fingerprint density at radius 2 is 2.12 bits per heavy atom. The number of nitrogens with zero attached hydrogens (tertiary/aromatic N) is 3. The van der Waals surface area contributed by atoms with Gasteiger partial charge < -0.3 is 25.5 Å². The molecule has 3 rings (SSSR count). The van der Waals surface area contributed by atoms with Crippen molar-refractivity contribution in [1.82, 2.24) is 19.9 Å². The van der Waals surface area contributed by atoms with Crippen molar-refractivity contribution < 1.29 is 14.6 Å². The van der Waals surface area contributed by atoms with Crippen LogP contribution in [0.5, 0.6) is 0 Å². The highest BCUT2D eigenvalue weighted by Gasteiger charge is 2.16. The SMILES string of the molecule is COCCc1nc2c(N)nc3ccccc3c2n1CCCCNC(=O)O. The van der Waals surface area contributed by atoms with Crippen molar-refractivity contribution in [3.05, 3.63) is 30.1 Å². The highest BCUT2D eigenvalue weighted by atomic mass is 16.5. The van der Waals surface area contributed by atoms with Crippen LogP contribution in [0.2, 0.25) is 0 Å². The molecule has 138 valence electrons. The Morgan fingerprint density at radius 3 is 2.88 bits per heavy atom. The lowest BCUT2D eigenvalue weighted by atomic mass is 10.2. The molecule has 0 radical (unpaired) electrons. The normalized spacial score (nSPS) is 11.3. The predicted octanol–water partition coefficient (Wildman–Crippen LogP) is 2.40. The average Bonchev–Trinajstić information content (AvgIpc) is 2.99. The lowest BCUT2D eigenvalue weighted by Gasteiger charge is -2.11. The van der Waals surface area contributed by atoms with Gasteiger partial charge >= 0.3 is 6.09 Å². The molecule has 3 aromatic rings. The summed E-state index contributed by atoms with van der Waals surface area (Å²) >= 11 is 0. The van der Waals surface area contributed by atoms with E-state index in [1.165, 1.54) is 0 Å². The van der Waals surface area contributed by atoms with Crippen molar-refractivity contribution >= 4 is 33.8 Å². The third kappa shape index (κ3) is 3.70. The third-order valence-corrected chi connectivity index (χ3v) is 4.30. The van der Waals surface area contributed by atoms with Gasteiger partial charge in [0.05, 0.1) is 17.6 Å². The number of carbonyl (C=O) groups is 1. The van der Waals surface area contributed by atoms with E-state index < -0.39 is 6.09 Å². The molecule has 0 fully saturated rings. The van der Waals surface area contributed by atoms with Crippen molar-refractivity contribution in [3.8, 4) is 0 Å². The molecule has 0 aliphatic rings. The van der Waals surface area contributed by atoms with Crippen LogP contribution < -0.4 is 11.1 Å². The summed E-state index contributed by atoms with van der Waals surface area (Å²) in [5.74, 6) is 1.32. The number of hydrogen-bond donors (Lipinski definition) is 3. The Balaban J connectivity index is 1.97. The number of nitrogen functional groups attached to an aromatic ring is 1. The molecule has 4 N–H and O–H groups in total. The van der Waals surface area contributed by atoms with Gasteiger partial charge in [-0.3, -0.25) is 0 Å². The molecular formula is C18H23N5O3. The van der Waals surface area contributed by atoms with Gasteiger partial charge in [0, 0.05) is 32.0 Å². The minimum Gasteiger partial charge on any atom is -0.465 e. The number of carboxylic acid groups (broad SMARTS) is 1. The van der Waals surface area contributed by atoms with Gasteiger partial charge in [0.1, 0.15) is 11.3 Å². The standard InChI is InChI=1S/C18H23N5O3/c1-26-11-8-14-22-15-16(23(14)10-5-4-9-20-18(24)25)12-6-2-3-7-13(12)21-17(15)19/h2-3,6-7,20H,4-5,8-11H2,1H3,(H2,19,21)(H,24,25). The number of para-hydroxylation sites is 1. The van der Waals surface area contributed by atoms with Crippen LogP contribution >= 0.6 is 0 Å². The summed E-state index contributed by atoms with van der Waals surface area (Å²) in [6, 6.07) is 7.87. The van der Waals surface area contributed by atoms with Crippen LogP contribution in [0.4, 0.5) is 10.6 Å². The second-order valence-corrected chi connectivity index (χ2v) is 6.07. The predicted molar refractivity (Wildman–Crippen MR) is 100 cm³/mol. The van der Waals surface area contributed by atoms with E-state index in [4.69, 9.17) is 20.6 Å². The topological polar surface area (TPSA) is 115 Å². The maximum absolute atomic E-state index is 10.6. The van der Waals surface area contributed by atoms with Gasteiger partial charge in [-0.15, -0.1) is 0 Å². The van der Waals surface area contributed by atoms with Gasteiger partial charge in [0.2, 0.25) is 0 Å². The first-order valence-corrected chi connectivity index (χ1v) is 8.61. The van der Waals surface area contributed by atoms with E-state index in [0.717, 1.165) is 41.6 Å². The number of nitrogens with two attached hydrogens (primary N) is 1. The van der Waals surface area contributed by atoms with E-state index in [1.807, 2.05) is 24.3 Å². The summed E-state index contributed by atoms with van der Waals surface area (Å²) in [4.78, 5) is 19.7. The zero-order chi connectivity index (χ0) is 18.5. The number of hydrogen-bond acceptors (Lipinski definition) is 5. The highest BCUT2D eigenvalue weighted by Crippen LogP contribution is 2.29. The minimum absolute atomic E-state index is 0.420. The maximum Gasteiger partial charge on any atom is 0.404 e. The number of anilines is 1. The number of rotatable bonds is 8. The van der Waals surface area contributed by atoms with Crippen LogP contribution in [0, 0.1) is 0 Å². The fourth-order valence-electron chi connectivity index (χ4n) is 3.12. The Bertz CT molecular complexity index is 922. The number of unbranched alkanes of at least 4 members (excludes halogenated alkanes) is 1. The van der Waals surface area contributed by atoms with E-state index in [-0.39, 0.29) is 0 Å². The van der Waals surface area contributed by atoms with Crippen LogP contribution in [0.3, 0.4) is 0 Å². The fraction of sp³-hybridized carbons (Fsp3) is 0.389. The van der Waals surface area contributed by atoms with Gasteiger partial charge in [0.25, 0.3) is 0 Å². The number of nitrogens with one attached hydrogen (secondary N) is 1. The molecule has 1 amide bonds. The van der Waals surface area contributed by atoms with Crippen molar-refractivity contribution in [2.24, 2.45) is 0 Å². The zero-order valence-electron chi connectivity index (χ0n) is 14.7. The molecule has 0 unspecified atom stereocenters. The number of aryl methyl sites for hydroxylation is 1. The number of methoxy groups -OCH3 is 1. The summed E-state index contributed by atoms with van der Waals surface area (Å²) in [7, 11) is 1.66. The van der Waals surface area contributed by atoms with E-state index in [1.54, 1.807) is 7.11 Å². The van der Waals surface area contributed by atoms with E-state index >= 15 is 0 Å². The first kappa shape index (κ1) is 17.9. The van der Waals surface area contributed by atoms with Crippen LogP contribution in [0.1, 0.15) is 18.7 Å². The number of fused-ring (bicyclic) bond motifs is 3. The number of amides is 1. The van der Waals surface area contributed by atoms with Crippen molar-refractivity contribution in [1.29, 1.82) is 0 Å². The van der Waals surface area contributed by atoms with Crippen LogP contribution in [0.15, 0.2) is 24.3 Å². The molecule has 26 heavy (non-hydrogen) atoms. The van der Waals surface area contributed by atoms with Gasteiger partial charge in [-0.05, 0) is 18.9 Å². The second kappa shape index (κ2) is 8.01. The number of benzene rings is 1. The molecule has 2 heterocycles. The Morgan fingerprint density at radius 1 is 1.31 bits per heavy atom. The Labute approximate surface area is 151 Å². The third-order valence-electron chi connectivity index (χ3n) is 4.30. The number of imidazole rings is 1. The molecule has 0 bridgehead atoms. The molecule has 0 atom stereocenters. The first-order valence-electron chi connectivity index (χ1n) is 8.61. The molecule has 8 heteroatoms. The fourth-order valence-corrected chi connectivity index (χ4v) is 3.12. The van der Waals surface area contributed by atoms with Gasteiger partial charge in [-0.25, -0.2) is 14.8 Å². The van der Waals surface area contributed by atoms with Crippen molar-refractivity contribution in [2.45, 2.75) is 25.8 Å². The van der Waals surface area contributed by atoms with Crippen LogP contribution in [0.25, 0.3) is 21.9 Å². The quantitative estimate of drug-likeness (QED) is 0.533. The highest BCUT2D eigenvalue weighted by molar-refractivity contribution is 6.06. The van der Waals surface area contributed by atoms with Crippen LogP contribution in [-0.2, 0) is 17.7 Å². The molecule has 2 aromatic heterocycles. The minimum atomic E-state index is -0.997. The summed E-state index contributed by atoms with van der Waals surface area (Å²) in [5, 5.41) is 12.1. The molecule has 8 nitrogen and oxygen atoms in total. The summed E-state index contributed by atoms with van der Waals surface area (Å²) < 4.78 is 7.37. The molecule has 1 aromatic carbocycles. The van der Waals surface area contributed by atoms with E-state index in [2.05, 4.69) is 14.9 Å². The van der Waals surface area contributed by atoms with Gasteiger partial charge in [-0.2, -0.15) is 0 Å². The summed E-state index contributed by atoms with van der Waals surface area (Å²) in [6.45, 7) is 1.72. The molecule has 0 aliphatic heterocycles. The Kier molecular flexibility index (Phi) is 5.52. The average molecular weight is 357 g/mol. The number of ether oxygens (including phenoxy) is 1. The number of pyridine rings is 1. The molecule has 0 spiro atoms. The molecular weight excluding hydrogens is 334 g/mol. The molecule has 0 saturated carbocycles. The van der Waals surface area contributed by atoms with Crippen LogP contribution in [-0.4, -0.2) is 46.0 Å². The first-order chi connectivity index (χ1) is 12.6. The molecule has 0 aliphatic carbocycles. The maximum atomic E-state index is 10.6. The Hall–Kier alpha value is -2.87.